The lowest BCUT2D eigenvalue weighted by Crippen LogP contribution is -2.16. The van der Waals surface area contributed by atoms with Crippen molar-refractivity contribution in [1.82, 2.24) is 0 Å². The molecule has 242 valence electrons. The average Bonchev–Trinajstić information content (AvgIpc) is 3.68. The summed E-state index contributed by atoms with van der Waals surface area (Å²) in [6.07, 6.45) is 0. The number of rotatable bonds is 5. The SMILES string of the molecule is CC1(C)c2ccccc2-c2c(N(c3ccc(-c4ccc5c(c4)oc4ccc6ccccc6c45)cc3)c3ccccc3-c3ccccc3)cccc21. The Morgan fingerprint density at radius 3 is 2.00 bits per heavy atom. The Morgan fingerprint density at radius 1 is 0.451 bits per heavy atom. The minimum absolute atomic E-state index is 0.0992. The maximum absolute atomic E-state index is 6.44. The maximum Gasteiger partial charge on any atom is 0.136 e. The van der Waals surface area contributed by atoms with Crippen molar-refractivity contribution < 1.29 is 4.42 Å². The molecular formula is C49H35NO. The fourth-order valence-electron chi connectivity index (χ4n) is 8.39. The van der Waals surface area contributed by atoms with Crippen molar-refractivity contribution in [1.29, 1.82) is 0 Å². The second-order valence-corrected chi connectivity index (χ2v) is 14.1. The van der Waals surface area contributed by atoms with Crippen molar-refractivity contribution in [3.63, 3.8) is 0 Å². The zero-order valence-electron chi connectivity index (χ0n) is 28.6. The molecule has 8 aromatic carbocycles. The van der Waals surface area contributed by atoms with Gasteiger partial charge in [-0.3, -0.25) is 0 Å². The summed E-state index contributed by atoms with van der Waals surface area (Å²) in [5.41, 5.74) is 15.1. The Labute approximate surface area is 297 Å². The van der Waals surface area contributed by atoms with Crippen molar-refractivity contribution >= 4 is 49.8 Å². The van der Waals surface area contributed by atoms with Gasteiger partial charge in [0, 0.05) is 33.0 Å². The Bertz CT molecular complexity index is 2770. The first-order valence-electron chi connectivity index (χ1n) is 17.7. The fourth-order valence-corrected chi connectivity index (χ4v) is 8.39. The summed E-state index contributed by atoms with van der Waals surface area (Å²) in [5.74, 6) is 0. The number of fused-ring (bicyclic) bond motifs is 8. The van der Waals surface area contributed by atoms with Gasteiger partial charge in [0.05, 0.1) is 11.4 Å². The summed E-state index contributed by atoms with van der Waals surface area (Å²) in [6.45, 7) is 4.69. The molecule has 51 heavy (non-hydrogen) atoms. The number of furan rings is 1. The molecule has 0 saturated carbocycles. The van der Waals surface area contributed by atoms with Crippen LogP contribution >= 0.6 is 0 Å². The molecule has 1 aromatic heterocycles. The van der Waals surface area contributed by atoms with Gasteiger partial charge in [-0.15, -0.1) is 0 Å². The van der Waals surface area contributed by atoms with Crippen LogP contribution in [-0.4, -0.2) is 0 Å². The highest BCUT2D eigenvalue weighted by molar-refractivity contribution is 6.19. The van der Waals surface area contributed by atoms with Crippen LogP contribution in [0.15, 0.2) is 180 Å². The van der Waals surface area contributed by atoms with Gasteiger partial charge in [0.2, 0.25) is 0 Å². The van der Waals surface area contributed by atoms with Crippen LogP contribution in [0.5, 0.6) is 0 Å². The lowest BCUT2D eigenvalue weighted by Gasteiger charge is -2.30. The Kier molecular flexibility index (Phi) is 6.56. The van der Waals surface area contributed by atoms with Crippen LogP contribution < -0.4 is 4.90 Å². The normalized spacial score (nSPS) is 13.1. The molecule has 0 fully saturated rings. The number of benzene rings is 8. The highest BCUT2D eigenvalue weighted by Gasteiger charge is 2.37. The van der Waals surface area contributed by atoms with E-state index in [1.54, 1.807) is 0 Å². The third-order valence-electron chi connectivity index (χ3n) is 10.9. The van der Waals surface area contributed by atoms with E-state index in [0.29, 0.717) is 0 Å². The van der Waals surface area contributed by atoms with E-state index in [4.69, 9.17) is 4.42 Å². The Morgan fingerprint density at radius 2 is 1.14 bits per heavy atom. The first-order valence-corrected chi connectivity index (χ1v) is 17.7. The van der Waals surface area contributed by atoms with E-state index >= 15 is 0 Å². The largest absolute Gasteiger partial charge is 0.456 e. The minimum Gasteiger partial charge on any atom is -0.456 e. The third-order valence-corrected chi connectivity index (χ3v) is 10.9. The van der Waals surface area contributed by atoms with Crippen LogP contribution in [0.3, 0.4) is 0 Å². The van der Waals surface area contributed by atoms with Crippen molar-refractivity contribution in [3.8, 4) is 33.4 Å². The lowest BCUT2D eigenvalue weighted by molar-refractivity contribution is 0.660. The van der Waals surface area contributed by atoms with E-state index in [9.17, 15) is 0 Å². The maximum atomic E-state index is 6.44. The highest BCUT2D eigenvalue weighted by atomic mass is 16.3. The fraction of sp³-hybridized carbons (Fsp3) is 0.0612. The predicted octanol–water partition coefficient (Wildman–Crippen LogP) is 13.8. The molecule has 1 heterocycles. The van der Waals surface area contributed by atoms with Gasteiger partial charge in [0.25, 0.3) is 0 Å². The van der Waals surface area contributed by atoms with Gasteiger partial charge < -0.3 is 9.32 Å². The van der Waals surface area contributed by atoms with Crippen molar-refractivity contribution in [2.24, 2.45) is 0 Å². The number of hydrogen-bond donors (Lipinski definition) is 0. The summed E-state index contributed by atoms with van der Waals surface area (Å²) in [6, 6.07) is 63.6. The van der Waals surface area contributed by atoms with E-state index in [-0.39, 0.29) is 5.41 Å². The molecule has 1 aliphatic carbocycles. The summed E-state index contributed by atoms with van der Waals surface area (Å²) >= 11 is 0. The molecule has 0 unspecified atom stereocenters. The lowest BCUT2D eigenvalue weighted by atomic mass is 9.82. The van der Waals surface area contributed by atoms with E-state index < -0.39 is 0 Å². The number of para-hydroxylation sites is 1. The molecule has 0 spiro atoms. The summed E-state index contributed by atoms with van der Waals surface area (Å²) in [5, 5.41) is 4.77. The van der Waals surface area contributed by atoms with E-state index in [1.165, 1.54) is 55.2 Å². The predicted molar refractivity (Wildman–Crippen MR) is 214 cm³/mol. The van der Waals surface area contributed by atoms with Gasteiger partial charge >= 0.3 is 0 Å². The monoisotopic (exact) mass is 653 g/mol. The summed E-state index contributed by atoms with van der Waals surface area (Å²) in [7, 11) is 0. The van der Waals surface area contributed by atoms with Crippen LogP contribution in [0.2, 0.25) is 0 Å². The molecule has 1 aliphatic rings. The number of nitrogens with zero attached hydrogens (tertiary/aromatic N) is 1. The van der Waals surface area contributed by atoms with E-state index in [2.05, 4.69) is 195 Å². The quantitative estimate of drug-likeness (QED) is 0.184. The Balaban J connectivity index is 1.14. The molecule has 0 aliphatic heterocycles. The van der Waals surface area contributed by atoms with Gasteiger partial charge in [-0.1, -0.05) is 147 Å². The summed E-state index contributed by atoms with van der Waals surface area (Å²) in [4.78, 5) is 2.46. The molecule has 0 atom stereocenters. The Hall–Kier alpha value is -6.38. The third kappa shape index (κ3) is 4.57. The zero-order chi connectivity index (χ0) is 34.1. The smallest absolute Gasteiger partial charge is 0.136 e. The topological polar surface area (TPSA) is 16.4 Å². The van der Waals surface area contributed by atoms with Crippen LogP contribution in [0.1, 0.15) is 25.0 Å². The molecule has 0 amide bonds. The van der Waals surface area contributed by atoms with Crippen molar-refractivity contribution in [2.45, 2.75) is 19.3 Å². The number of anilines is 3. The molecular weight excluding hydrogens is 619 g/mol. The average molecular weight is 654 g/mol. The molecule has 9 aromatic rings. The van der Waals surface area contributed by atoms with Crippen LogP contribution in [0.4, 0.5) is 17.1 Å². The number of hydrogen-bond acceptors (Lipinski definition) is 2. The van der Waals surface area contributed by atoms with Gasteiger partial charge in [0.1, 0.15) is 11.2 Å². The highest BCUT2D eigenvalue weighted by Crippen LogP contribution is 2.55. The summed E-state index contributed by atoms with van der Waals surface area (Å²) < 4.78 is 6.44. The zero-order valence-corrected chi connectivity index (χ0v) is 28.6. The second-order valence-electron chi connectivity index (χ2n) is 14.1. The molecule has 2 nitrogen and oxygen atoms in total. The van der Waals surface area contributed by atoms with Crippen LogP contribution in [0.25, 0.3) is 66.1 Å². The standard InChI is InChI=1S/C49H35NO/c1-49(2)41-19-10-8-18-39(41)48-42(49)20-12-22-44(48)50(43-21-11-9-16-37(43)33-13-4-3-5-14-33)36-27-23-32(24-28-36)35-25-29-40-46(31-35)51-45-30-26-34-15-6-7-17-38(34)47(40)45/h3-31H,1-2H3. The van der Waals surface area contributed by atoms with Gasteiger partial charge in [-0.25, -0.2) is 0 Å². The van der Waals surface area contributed by atoms with Gasteiger partial charge in [-0.2, -0.15) is 0 Å². The molecule has 0 N–H and O–H groups in total. The molecule has 0 saturated heterocycles. The van der Waals surface area contributed by atoms with Crippen LogP contribution in [0, 0.1) is 0 Å². The van der Waals surface area contributed by atoms with Crippen molar-refractivity contribution in [2.75, 3.05) is 4.90 Å². The first-order chi connectivity index (χ1) is 25.1. The van der Waals surface area contributed by atoms with Gasteiger partial charge in [0.15, 0.2) is 0 Å². The minimum atomic E-state index is -0.0992. The van der Waals surface area contributed by atoms with Gasteiger partial charge in [-0.05, 0) is 86.6 Å². The molecule has 10 rings (SSSR count). The molecule has 0 bridgehead atoms. The molecule has 2 heteroatoms. The molecule has 0 radical (unpaired) electrons. The van der Waals surface area contributed by atoms with E-state index in [1.807, 2.05) is 0 Å². The van der Waals surface area contributed by atoms with Crippen LogP contribution in [-0.2, 0) is 5.41 Å². The second kappa shape index (κ2) is 11.3. The van der Waals surface area contributed by atoms with E-state index in [0.717, 1.165) is 39.1 Å². The first kappa shape index (κ1) is 29.5. The van der Waals surface area contributed by atoms with Crippen molar-refractivity contribution in [3.05, 3.63) is 187 Å².